The second-order valence-electron chi connectivity index (χ2n) is 6.70. The van der Waals surface area contributed by atoms with Crippen LogP contribution in [0.5, 0.6) is 0 Å². The third-order valence-electron chi connectivity index (χ3n) is 4.85. The molecule has 1 aromatic carbocycles. The third-order valence-corrected chi connectivity index (χ3v) is 4.85. The molecule has 2 heterocycles. The van der Waals surface area contributed by atoms with Crippen LogP contribution in [0.25, 0.3) is 0 Å². The minimum atomic E-state index is -0.0844. The molecule has 0 spiro atoms. The largest absolute Gasteiger partial charge is 0.394 e. The fourth-order valence-corrected chi connectivity index (χ4v) is 3.28. The molecule has 25 heavy (non-hydrogen) atoms. The average molecular weight is 342 g/mol. The molecule has 1 amide bonds. The molecule has 2 fully saturated rings. The number of carbonyl (C=O) groups excluding carboxylic acids is 1. The van der Waals surface area contributed by atoms with Crippen LogP contribution in [0.15, 0.2) is 28.8 Å². The van der Waals surface area contributed by atoms with Crippen LogP contribution in [0.2, 0.25) is 0 Å². The molecule has 1 aliphatic heterocycles. The molecule has 1 aliphatic carbocycles. The topological polar surface area (TPSA) is 91.5 Å². The number of benzene rings is 1. The minimum Gasteiger partial charge on any atom is -0.394 e. The maximum absolute atomic E-state index is 12.9. The summed E-state index contributed by atoms with van der Waals surface area (Å²) in [4.78, 5) is 19.0. The third kappa shape index (κ3) is 3.37. The molecular weight excluding hydrogens is 320 g/mol. The van der Waals surface area contributed by atoms with Gasteiger partial charge in [0.1, 0.15) is 0 Å². The summed E-state index contributed by atoms with van der Waals surface area (Å²) in [5.41, 5.74) is 1.35. The van der Waals surface area contributed by atoms with E-state index in [4.69, 9.17) is 4.52 Å². The molecule has 4 rings (SSSR count). The number of para-hydroxylation sites is 1. The summed E-state index contributed by atoms with van der Waals surface area (Å²) in [5.74, 6) is 1.69. The van der Waals surface area contributed by atoms with Crippen LogP contribution in [-0.2, 0) is 6.54 Å². The Morgan fingerprint density at radius 2 is 2.16 bits per heavy atom. The predicted molar refractivity (Wildman–Crippen MR) is 91.2 cm³/mol. The van der Waals surface area contributed by atoms with E-state index in [1.807, 2.05) is 24.3 Å². The van der Waals surface area contributed by atoms with Crippen LogP contribution in [0.1, 0.15) is 53.7 Å². The number of hydrogen-bond acceptors (Lipinski definition) is 6. The Kier molecular flexibility index (Phi) is 4.40. The highest BCUT2D eigenvalue weighted by Crippen LogP contribution is 2.38. The lowest BCUT2D eigenvalue weighted by molar-refractivity contribution is 0.0678. The lowest BCUT2D eigenvalue weighted by Gasteiger charge is -2.24. The van der Waals surface area contributed by atoms with Gasteiger partial charge in [-0.15, -0.1) is 0 Å². The van der Waals surface area contributed by atoms with Gasteiger partial charge in [0.2, 0.25) is 5.89 Å². The quantitative estimate of drug-likeness (QED) is 0.836. The van der Waals surface area contributed by atoms with Gasteiger partial charge in [-0.1, -0.05) is 17.3 Å². The van der Waals surface area contributed by atoms with Crippen molar-refractivity contribution in [3.05, 3.63) is 41.5 Å². The van der Waals surface area contributed by atoms with Gasteiger partial charge in [0.05, 0.1) is 24.8 Å². The summed E-state index contributed by atoms with van der Waals surface area (Å²) in [7, 11) is 0. The molecule has 1 aromatic heterocycles. The molecule has 1 saturated carbocycles. The lowest BCUT2D eigenvalue weighted by atomic mass is 10.1. The van der Waals surface area contributed by atoms with Gasteiger partial charge >= 0.3 is 0 Å². The second kappa shape index (κ2) is 6.84. The van der Waals surface area contributed by atoms with Gasteiger partial charge in [-0.25, -0.2) is 0 Å². The van der Waals surface area contributed by atoms with E-state index in [1.165, 1.54) is 0 Å². The van der Waals surface area contributed by atoms with Crippen molar-refractivity contribution in [1.82, 2.24) is 15.0 Å². The fourth-order valence-electron chi connectivity index (χ4n) is 3.28. The van der Waals surface area contributed by atoms with Gasteiger partial charge < -0.3 is 19.8 Å². The number of likely N-dealkylation sites (tertiary alicyclic amines) is 1. The van der Waals surface area contributed by atoms with E-state index in [1.54, 1.807) is 4.90 Å². The number of aliphatic hydroxyl groups excluding tert-OH is 1. The first kappa shape index (κ1) is 16.1. The molecule has 132 valence electrons. The SMILES string of the molecule is O=C(c1ccccc1NCc1noc(C2CC2)n1)N1CCCC1CO. The van der Waals surface area contributed by atoms with Crippen LogP contribution >= 0.6 is 0 Å². The normalized spacial score (nSPS) is 20.0. The zero-order valence-electron chi connectivity index (χ0n) is 14.0. The lowest BCUT2D eigenvalue weighted by Crippen LogP contribution is -2.37. The number of anilines is 1. The van der Waals surface area contributed by atoms with Gasteiger partial charge in [0, 0.05) is 18.2 Å². The number of aliphatic hydroxyl groups is 1. The smallest absolute Gasteiger partial charge is 0.256 e. The summed E-state index contributed by atoms with van der Waals surface area (Å²) in [6, 6.07) is 7.34. The summed E-state index contributed by atoms with van der Waals surface area (Å²) < 4.78 is 5.26. The highest BCUT2D eigenvalue weighted by molar-refractivity contribution is 5.99. The molecule has 1 atom stereocenters. The molecule has 0 radical (unpaired) electrons. The van der Waals surface area contributed by atoms with Gasteiger partial charge in [0.25, 0.3) is 5.91 Å². The molecule has 7 nitrogen and oxygen atoms in total. The van der Waals surface area contributed by atoms with Crippen molar-refractivity contribution in [3.8, 4) is 0 Å². The first-order valence-electron chi connectivity index (χ1n) is 8.83. The van der Waals surface area contributed by atoms with Gasteiger partial charge in [-0.3, -0.25) is 4.79 Å². The number of aromatic nitrogens is 2. The van der Waals surface area contributed by atoms with Gasteiger partial charge in [0.15, 0.2) is 5.82 Å². The van der Waals surface area contributed by atoms with Crippen molar-refractivity contribution in [1.29, 1.82) is 0 Å². The van der Waals surface area contributed by atoms with Crippen LogP contribution in [0.3, 0.4) is 0 Å². The maximum Gasteiger partial charge on any atom is 0.256 e. The van der Waals surface area contributed by atoms with Crippen LogP contribution < -0.4 is 5.32 Å². The van der Waals surface area contributed by atoms with Crippen molar-refractivity contribution in [2.24, 2.45) is 0 Å². The Bertz CT molecular complexity index is 756. The first-order chi connectivity index (χ1) is 12.3. The number of nitrogens with one attached hydrogen (secondary N) is 1. The summed E-state index contributed by atoms with van der Waals surface area (Å²) in [6.07, 6.45) is 4.02. The number of nitrogens with zero attached hydrogens (tertiary/aromatic N) is 3. The van der Waals surface area contributed by atoms with Crippen LogP contribution in [0.4, 0.5) is 5.69 Å². The van der Waals surface area contributed by atoms with E-state index in [9.17, 15) is 9.90 Å². The fraction of sp³-hybridized carbons (Fsp3) is 0.500. The Morgan fingerprint density at radius 1 is 1.32 bits per heavy atom. The van der Waals surface area contributed by atoms with Gasteiger partial charge in [-0.05, 0) is 37.8 Å². The van der Waals surface area contributed by atoms with Crippen molar-refractivity contribution in [2.75, 3.05) is 18.5 Å². The minimum absolute atomic E-state index is 0.00807. The summed E-state index contributed by atoms with van der Waals surface area (Å²) in [6.45, 7) is 1.10. The number of amides is 1. The zero-order chi connectivity index (χ0) is 17.2. The molecular formula is C18H22N4O3. The summed E-state index contributed by atoms with van der Waals surface area (Å²) in [5, 5.41) is 16.7. The van der Waals surface area contributed by atoms with E-state index in [2.05, 4.69) is 15.5 Å². The van der Waals surface area contributed by atoms with Crippen molar-refractivity contribution in [3.63, 3.8) is 0 Å². The number of rotatable bonds is 6. The van der Waals surface area contributed by atoms with Crippen molar-refractivity contribution in [2.45, 2.75) is 44.2 Å². The van der Waals surface area contributed by atoms with E-state index >= 15 is 0 Å². The number of hydrogen-bond donors (Lipinski definition) is 2. The van der Waals surface area contributed by atoms with E-state index in [0.29, 0.717) is 36.3 Å². The Morgan fingerprint density at radius 3 is 2.96 bits per heavy atom. The van der Waals surface area contributed by atoms with E-state index in [0.717, 1.165) is 31.4 Å². The molecule has 2 aliphatic rings. The maximum atomic E-state index is 12.9. The van der Waals surface area contributed by atoms with Crippen molar-refractivity contribution < 1.29 is 14.4 Å². The molecule has 2 N–H and O–H groups in total. The standard InChI is InChI=1S/C18H22N4O3/c23-11-13-4-3-9-22(13)18(24)14-5-1-2-6-15(14)19-10-16-20-17(25-21-16)12-7-8-12/h1-2,5-6,12-13,19,23H,3-4,7-11H2. The Hall–Kier alpha value is -2.41. The van der Waals surface area contributed by atoms with E-state index in [-0.39, 0.29) is 18.6 Å². The van der Waals surface area contributed by atoms with Crippen LogP contribution in [0, 0.1) is 0 Å². The van der Waals surface area contributed by atoms with Crippen LogP contribution in [-0.4, -0.2) is 45.2 Å². The molecule has 1 saturated heterocycles. The molecule has 7 heteroatoms. The van der Waals surface area contributed by atoms with Gasteiger partial charge in [-0.2, -0.15) is 4.98 Å². The Labute approximate surface area is 146 Å². The first-order valence-corrected chi connectivity index (χ1v) is 8.83. The monoisotopic (exact) mass is 342 g/mol. The number of carbonyl (C=O) groups is 1. The van der Waals surface area contributed by atoms with Crippen molar-refractivity contribution >= 4 is 11.6 Å². The summed E-state index contributed by atoms with van der Waals surface area (Å²) >= 11 is 0. The second-order valence-corrected chi connectivity index (χ2v) is 6.70. The van der Waals surface area contributed by atoms with E-state index < -0.39 is 0 Å². The predicted octanol–water partition coefficient (Wildman–Crippen LogP) is 2.16. The molecule has 1 unspecified atom stereocenters. The highest BCUT2D eigenvalue weighted by Gasteiger charge is 2.31. The zero-order valence-corrected chi connectivity index (χ0v) is 14.0. The average Bonchev–Trinajstić information content (AvgIpc) is 3.20. The molecule has 2 aromatic rings. The highest BCUT2D eigenvalue weighted by atomic mass is 16.5. The molecule has 0 bridgehead atoms. The Balaban J connectivity index is 1.47.